The minimum atomic E-state index is -4.39. The van der Waals surface area contributed by atoms with Crippen LogP contribution in [0, 0.1) is 13.8 Å². The summed E-state index contributed by atoms with van der Waals surface area (Å²) in [4.78, 5) is 21.6. The van der Waals surface area contributed by atoms with E-state index in [4.69, 9.17) is 0 Å². The number of amides is 1. The average Bonchev–Trinajstić information content (AvgIpc) is 3.19. The van der Waals surface area contributed by atoms with Crippen LogP contribution in [-0.2, 0) is 18.5 Å². The summed E-state index contributed by atoms with van der Waals surface area (Å²) in [5.74, 6) is 0.693. The van der Waals surface area contributed by atoms with Gasteiger partial charge in [-0.1, -0.05) is 42.1 Å². The highest BCUT2D eigenvalue weighted by Crippen LogP contribution is 2.29. The monoisotopic (exact) mass is 471 g/mol. The van der Waals surface area contributed by atoms with Crippen LogP contribution in [0.3, 0.4) is 0 Å². The molecule has 0 atom stereocenters. The molecule has 170 valence electrons. The lowest BCUT2D eigenvalue weighted by Gasteiger charge is -2.11. The zero-order chi connectivity index (χ0) is 23.6. The first kappa shape index (κ1) is 22.8. The predicted molar refractivity (Wildman–Crippen MR) is 119 cm³/mol. The lowest BCUT2D eigenvalue weighted by Crippen LogP contribution is -2.24. The third-order valence-electron chi connectivity index (χ3n) is 4.95. The largest absolute Gasteiger partial charge is 0.416 e. The van der Waals surface area contributed by atoms with Crippen molar-refractivity contribution in [2.45, 2.75) is 37.5 Å². The second-order valence-corrected chi connectivity index (χ2v) is 8.41. The van der Waals surface area contributed by atoms with E-state index in [0.717, 1.165) is 29.1 Å². The molecule has 0 aliphatic heterocycles. The molecule has 10 heteroatoms. The Balaban J connectivity index is 1.42. The normalized spacial score (nSPS) is 11.7. The van der Waals surface area contributed by atoms with Gasteiger partial charge in [-0.25, -0.2) is 9.50 Å². The van der Waals surface area contributed by atoms with Crippen LogP contribution in [0.15, 0.2) is 59.8 Å². The minimum Gasteiger partial charge on any atom is -0.348 e. The number of carbonyl (C=O) groups excluding carboxylic acids is 1. The predicted octanol–water partition coefficient (Wildman–Crippen LogP) is 4.98. The van der Waals surface area contributed by atoms with Gasteiger partial charge in [0.2, 0.25) is 5.16 Å². The molecule has 0 bridgehead atoms. The third kappa shape index (κ3) is 5.33. The number of halogens is 3. The van der Waals surface area contributed by atoms with E-state index in [9.17, 15) is 18.0 Å². The molecular weight excluding hydrogens is 451 g/mol. The van der Waals surface area contributed by atoms with Crippen LogP contribution in [-0.4, -0.2) is 25.5 Å². The second kappa shape index (κ2) is 9.22. The smallest absolute Gasteiger partial charge is 0.348 e. The fraction of sp³-hybridized carbons (Fsp3) is 0.217. The maximum absolute atomic E-state index is 12.8. The van der Waals surface area contributed by atoms with Crippen molar-refractivity contribution in [2.75, 3.05) is 0 Å². The summed E-state index contributed by atoms with van der Waals surface area (Å²) in [7, 11) is 0. The van der Waals surface area contributed by atoms with Gasteiger partial charge >= 0.3 is 6.18 Å². The molecule has 33 heavy (non-hydrogen) atoms. The van der Waals surface area contributed by atoms with Gasteiger partial charge in [0.25, 0.3) is 11.7 Å². The fourth-order valence-corrected chi connectivity index (χ4v) is 4.13. The molecule has 0 aliphatic rings. The number of thioether (sulfide) groups is 1. The molecule has 0 radical (unpaired) electrons. The number of nitrogens with one attached hydrogen (secondary N) is 1. The van der Waals surface area contributed by atoms with Crippen molar-refractivity contribution in [1.29, 1.82) is 0 Å². The van der Waals surface area contributed by atoms with Crippen molar-refractivity contribution in [2.24, 2.45) is 0 Å². The summed E-state index contributed by atoms with van der Waals surface area (Å²) in [6.45, 7) is 3.95. The first-order chi connectivity index (χ1) is 15.7. The molecule has 1 N–H and O–H groups in total. The zero-order valence-corrected chi connectivity index (χ0v) is 18.7. The Labute approximate surface area is 192 Å². The van der Waals surface area contributed by atoms with Gasteiger partial charge < -0.3 is 5.32 Å². The van der Waals surface area contributed by atoms with Crippen LogP contribution >= 0.6 is 11.8 Å². The van der Waals surface area contributed by atoms with E-state index in [0.29, 0.717) is 27.8 Å². The van der Waals surface area contributed by atoms with E-state index in [1.165, 1.54) is 23.9 Å². The molecule has 2 aromatic heterocycles. The van der Waals surface area contributed by atoms with Gasteiger partial charge in [-0.3, -0.25) is 4.79 Å². The highest BCUT2D eigenvalue weighted by atomic mass is 32.2. The lowest BCUT2D eigenvalue weighted by atomic mass is 10.1. The van der Waals surface area contributed by atoms with Crippen molar-refractivity contribution in [3.8, 4) is 0 Å². The number of aromatic nitrogens is 4. The van der Waals surface area contributed by atoms with Crippen molar-refractivity contribution in [1.82, 2.24) is 24.9 Å². The Bertz CT molecular complexity index is 1300. The highest BCUT2D eigenvalue weighted by molar-refractivity contribution is 7.98. The Kier molecular flexibility index (Phi) is 6.37. The molecular formula is C23H20F3N5OS. The van der Waals surface area contributed by atoms with Gasteiger partial charge in [-0.05, 0) is 49.2 Å². The SMILES string of the molecule is Cc1cc(C)n2nc(SCc3ccccc3C(=O)NCc3ccc(C(F)(F)F)cc3)nc2n1. The Hall–Kier alpha value is -3.40. The number of nitrogens with zero attached hydrogens (tertiary/aromatic N) is 4. The number of hydrogen-bond donors (Lipinski definition) is 1. The number of hydrogen-bond acceptors (Lipinski definition) is 5. The van der Waals surface area contributed by atoms with Crippen molar-refractivity contribution < 1.29 is 18.0 Å². The number of benzene rings is 2. The summed E-state index contributed by atoms with van der Waals surface area (Å²) in [6.07, 6.45) is -4.39. The molecule has 4 rings (SSSR count). The van der Waals surface area contributed by atoms with Crippen LogP contribution in [0.2, 0.25) is 0 Å². The van der Waals surface area contributed by atoms with Crippen molar-refractivity contribution in [3.05, 3.63) is 88.2 Å². The number of aryl methyl sites for hydroxylation is 2. The molecule has 0 unspecified atom stereocenters. The van der Waals surface area contributed by atoms with Gasteiger partial charge in [0.1, 0.15) is 0 Å². The first-order valence-corrected chi connectivity index (χ1v) is 11.1. The molecule has 2 aromatic carbocycles. The van der Waals surface area contributed by atoms with E-state index in [2.05, 4.69) is 20.4 Å². The van der Waals surface area contributed by atoms with Gasteiger partial charge in [0.05, 0.1) is 5.56 Å². The second-order valence-electron chi connectivity index (χ2n) is 7.47. The highest BCUT2D eigenvalue weighted by Gasteiger charge is 2.29. The average molecular weight is 472 g/mol. The standard InChI is InChI=1S/C23H20F3N5OS/c1-14-11-15(2)31-21(28-14)29-22(30-31)33-13-17-5-3-4-6-19(17)20(32)27-12-16-7-9-18(10-8-16)23(24,25)26/h3-11H,12-13H2,1-2H3,(H,27,32). The molecule has 6 nitrogen and oxygen atoms in total. The fourth-order valence-electron chi connectivity index (χ4n) is 3.31. The lowest BCUT2D eigenvalue weighted by molar-refractivity contribution is -0.137. The molecule has 4 aromatic rings. The summed E-state index contributed by atoms with van der Waals surface area (Å²) in [6, 6.07) is 13.8. The summed E-state index contributed by atoms with van der Waals surface area (Å²) >= 11 is 1.39. The summed E-state index contributed by atoms with van der Waals surface area (Å²) in [5, 5.41) is 7.79. The summed E-state index contributed by atoms with van der Waals surface area (Å²) < 4.78 is 39.8. The molecule has 1 amide bonds. The van der Waals surface area contributed by atoms with Crippen LogP contribution in [0.5, 0.6) is 0 Å². The zero-order valence-electron chi connectivity index (χ0n) is 17.8. The van der Waals surface area contributed by atoms with E-state index in [1.54, 1.807) is 16.6 Å². The van der Waals surface area contributed by atoms with E-state index < -0.39 is 11.7 Å². The molecule has 0 saturated carbocycles. The number of rotatable bonds is 6. The number of carbonyl (C=O) groups is 1. The maximum Gasteiger partial charge on any atom is 0.416 e. The molecule has 0 spiro atoms. The summed E-state index contributed by atoms with van der Waals surface area (Å²) in [5.41, 5.74) is 2.94. The van der Waals surface area contributed by atoms with Crippen molar-refractivity contribution >= 4 is 23.4 Å². The third-order valence-corrected chi connectivity index (χ3v) is 5.84. The number of alkyl halides is 3. The van der Waals surface area contributed by atoms with Gasteiger partial charge in [-0.2, -0.15) is 18.2 Å². The van der Waals surface area contributed by atoms with Crippen molar-refractivity contribution in [3.63, 3.8) is 0 Å². The van der Waals surface area contributed by atoms with Crippen LogP contribution < -0.4 is 5.32 Å². The van der Waals surface area contributed by atoms with E-state index in [-0.39, 0.29) is 12.5 Å². The molecule has 2 heterocycles. The van der Waals surface area contributed by atoms with Gasteiger partial charge in [0.15, 0.2) is 0 Å². The quantitative estimate of drug-likeness (QED) is 0.402. The Morgan fingerprint density at radius 1 is 1.06 bits per heavy atom. The van der Waals surface area contributed by atoms with Gasteiger partial charge in [0, 0.05) is 29.2 Å². The number of fused-ring (bicyclic) bond motifs is 1. The minimum absolute atomic E-state index is 0.122. The van der Waals surface area contributed by atoms with Crippen LogP contribution in [0.25, 0.3) is 5.78 Å². The van der Waals surface area contributed by atoms with E-state index in [1.807, 2.05) is 32.0 Å². The Morgan fingerprint density at radius 2 is 1.79 bits per heavy atom. The maximum atomic E-state index is 12.8. The first-order valence-electron chi connectivity index (χ1n) is 10.1. The molecule has 0 fully saturated rings. The van der Waals surface area contributed by atoms with Crippen LogP contribution in [0.4, 0.5) is 13.2 Å². The van der Waals surface area contributed by atoms with E-state index >= 15 is 0 Å². The van der Waals surface area contributed by atoms with Gasteiger partial charge in [-0.15, -0.1) is 5.10 Å². The van der Waals surface area contributed by atoms with Crippen LogP contribution in [0.1, 0.15) is 38.4 Å². The molecule has 0 aliphatic carbocycles. The molecule has 0 saturated heterocycles. The topological polar surface area (TPSA) is 72.2 Å². The Morgan fingerprint density at radius 3 is 2.52 bits per heavy atom.